The molecule has 3 rings (SSSR count). The number of hydrogen-bond donors (Lipinski definition) is 0. The summed E-state index contributed by atoms with van der Waals surface area (Å²) < 4.78 is 32.9. The Balaban J connectivity index is 1.66. The van der Waals surface area contributed by atoms with Gasteiger partial charge in [-0.15, -0.1) is 0 Å². The minimum Gasteiger partial charge on any atom is -0.473 e. The number of rotatable bonds is 5. The van der Waals surface area contributed by atoms with Crippen LogP contribution in [0.1, 0.15) is 29.8 Å². The van der Waals surface area contributed by atoms with Gasteiger partial charge < -0.3 is 4.74 Å². The zero-order valence-electron chi connectivity index (χ0n) is 14.6. The smallest absolute Gasteiger partial charge is 0.218 e. The van der Waals surface area contributed by atoms with Gasteiger partial charge in [0.05, 0.1) is 12.3 Å². The molecule has 1 fully saturated rings. The van der Waals surface area contributed by atoms with Crippen LogP contribution < -0.4 is 4.74 Å². The Morgan fingerprint density at radius 1 is 1.20 bits per heavy atom. The molecule has 1 aromatic carbocycles. The second kappa shape index (κ2) is 7.49. The standard InChI is InChI=1S/C18H23N3O3S/c1-14-5-7-16(8-6-14)13-25(22,23)21-11-3-4-17(12-21)24-18-9-10-19-15(2)20-18/h5-10,17H,3-4,11-13H2,1-2H3. The van der Waals surface area contributed by atoms with Crippen molar-refractivity contribution in [2.75, 3.05) is 13.1 Å². The van der Waals surface area contributed by atoms with Crippen molar-refractivity contribution >= 4 is 10.0 Å². The highest BCUT2D eigenvalue weighted by molar-refractivity contribution is 7.88. The van der Waals surface area contributed by atoms with Crippen molar-refractivity contribution in [3.05, 3.63) is 53.5 Å². The minimum atomic E-state index is -3.36. The van der Waals surface area contributed by atoms with Gasteiger partial charge in [-0.25, -0.2) is 13.4 Å². The molecule has 1 aliphatic rings. The van der Waals surface area contributed by atoms with E-state index in [-0.39, 0.29) is 11.9 Å². The van der Waals surface area contributed by atoms with Crippen LogP contribution in [0, 0.1) is 13.8 Å². The number of piperidine rings is 1. The number of sulfonamides is 1. The summed E-state index contributed by atoms with van der Waals surface area (Å²) in [4.78, 5) is 8.27. The van der Waals surface area contributed by atoms with E-state index < -0.39 is 10.0 Å². The Labute approximate surface area is 148 Å². The predicted octanol–water partition coefficient (Wildman–Crippen LogP) is 2.47. The molecule has 7 heteroatoms. The van der Waals surface area contributed by atoms with Gasteiger partial charge in [-0.3, -0.25) is 0 Å². The highest BCUT2D eigenvalue weighted by Gasteiger charge is 2.30. The van der Waals surface area contributed by atoms with Crippen LogP contribution in [-0.2, 0) is 15.8 Å². The molecule has 0 bridgehead atoms. The molecule has 25 heavy (non-hydrogen) atoms. The second-order valence-corrected chi connectivity index (χ2v) is 8.39. The Bertz CT molecular complexity index is 822. The van der Waals surface area contributed by atoms with E-state index in [1.54, 1.807) is 19.2 Å². The first-order valence-corrected chi connectivity index (χ1v) is 10.0. The van der Waals surface area contributed by atoms with E-state index in [0.29, 0.717) is 24.8 Å². The lowest BCUT2D eigenvalue weighted by Gasteiger charge is -2.31. The van der Waals surface area contributed by atoms with E-state index in [4.69, 9.17) is 4.74 Å². The van der Waals surface area contributed by atoms with Crippen LogP contribution in [0.3, 0.4) is 0 Å². The maximum Gasteiger partial charge on any atom is 0.218 e. The lowest BCUT2D eigenvalue weighted by Crippen LogP contribution is -2.44. The third-order valence-corrected chi connectivity index (χ3v) is 6.06. The molecule has 1 aromatic heterocycles. The summed E-state index contributed by atoms with van der Waals surface area (Å²) in [7, 11) is -3.36. The van der Waals surface area contributed by atoms with E-state index in [9.17, 15) is 8.42 Å². The summed E-state index contributed by atoms with van der Waals surface area (Å²) in [5, 5.41) is 0. The van der Waals surface area contributed by atoms with Crippen molar-refractivity contribution in [3.8, 4) is 5.88 Å². The van der Waals surface area contributed by atoms with Gasteiger partial charge in [-0.2, -0.15) is 9.29 Å². The monoisotopic (exact) mass is 361 g/mol. The average Bonchev–Trinajstić information content (AvgIpc) is 2.57. The molecule has 0 spiro atoms. The van der Waals surface area contributed by atoms with Gasteiger partial charge in [-0.05, 0) is 32.3 Å². The molecule has 0 N–H and O–H groups in total. The summed E-state index contributed by atoms with van der Waals surface area (Å²) in [6, 6.07) is 9.31. The van der Waals surface area contributed by atoms with Crippen molar-refractivity contribution in [3.63, 3.8) is 0 Å². The van der Waals surface area contributed by atoms with E-state index in [1.807, 2.05) is 31.2 Å². The number of aryl methyl sites for hydroxylation is 2. The SMILES string of the molecule is Cc1ccc(CS(=O)(=O)N2CCCC(Oc3ccnc(C)n3)C2)cc1. The second-order valence-electron chi connectivity index (χ2n) is 6.42. The third-order valence-electron chi connectivity index (χ3n) is 4.24. The van der Waals surface area contributed by atoms with Gasteiger partial charge in [-0.1, -0.05) is 29.8 Å². The summed E-state index contributed by atoms with van der Waals surface area (Å²) in [5.41, 5.74) is 1.92. The Morgan fingerprint density at radius 3 is 2.68 bits per heavy atom. The van der Waals surface area contributed by atoms with Crippen LogP contribution in [0.15, 0.2) is 36.5 Å². The van der Waals surface area contributed by atoms with Crippen molar-refractivity contribution in [1.29, 1.82) is 0 Å². The van der Waals surface area contributed by atoms with Crippen LogP contribution in [0.2, 0.25) is 0 Å². The lowest BCUT2D eigenvalue weighted by atomic mass is 10.1. The number of benzene rings is 1. The first kappa shape index (κ1) is 17.8. The van der Waals surface area contributed by atoms with Gasteiger partial charge in [0.2, 0.25) is 15.9 Å². The molecule has 0 aliphatic carbocycles. The first-order valence-electron chi connectivity index (χ1n) is 8.42. The van der Waals surface area contributed by atoms with E-state index in [2.05, 4.69) is 9.97 Å². The van der Waals surface area contributed by atoms with Crippen molar-refractivity contribution in [2.24, 2.45) is 0 Å². The van der Waals surface area contributed by atoms with E-state index in [0.717, 1.165) is 24.0 Å². The number of aromatic nitrogens is 2. The molecule has 134 valence electrons. The molecule has 0 radical (unpaired) electrons. The van der Waals surface area contributed by atoms with Crippen LogP contribution in [-0.4, -0.2) is 41.9 Å². The van der Waals surface area contributed by atoms with Gasteiger partial charge >= 0.3 is 0 Å². The van der Waals surface area contributed by atoms with Crippen molar-refractivity contribution in [1.82, 2.24) is 14.3 Å². The van der Waals surface area contributed by atoms with E-state index in [1.165, 1.54) is 4.31 Å². The Kier molecular flexibility index (Phi) is 5.34. The van der Waals surface area contributed by atoms with Gasteiger partial charge in [0.15, 0.2) is 0 Å². The fourth-order valence-electron chi connectivity index (χ4n) is 2.91. The van der Waals surface area contributed by atoms with E-state index >= 15 is 0 Å². The largest absolute Gasteiger partial charge is 0.473 e. The lowest BCUT2D eigenvalue weighted by molar-refractivity contribution is 0.124. The van der Waals surface area contributed by atoms with Crippen LogP contribution in [0.5, 0.6) is 5.88 Å². The molecule has 2 aromatic rings. The maximum absolute atomic E-state index is 12.7. The highest BCUT2D eigenvalue weighted by Crippen LogP contribution is 2.21. The molecular formula is C18H23N3O3S. The molecule has 6 nitrogen and oxygen atoms in total. The van der Waals surface area contributed by atoms with Crippen LogP contribution in [0.4, 0.5) is 0 Å². The Hall–Kier alpha value is -1.99. The molecular weight excluding hydrogens is 338 g/mol. The summed E-state index contributed by atoms with van der Waals surface area (Å²) >= 11 is 0. The molecule has 2 heterocycles. The van der Waals surface area contributed by atoms with Crippen molar-refractivity contribution in [2.45, 2.75) is 38.5 Å². The zero-order chi connectivity index (χ0) is 17.9. The molecule has 1 aliphatic heterocycles. The van der Waals surface area contributed by atoms with Crippen LogP contribution in [0.25, 0.3) is 0 Å². The summed E-state index contributed by atoms with van der Waals surface area (Å²) in [5.74, 6) is 1.15. The van der Waals surface area contributed by atoms with Crippen LogP contribution >= 0.6 is 0 Å². The first-order chi connectivity index (χ1) is 11.9. The third kappa shape index (κ3) is 4.76. The number of ether oxygens (including phenoxy) is 1. The average molecular weight is 361 g/mol. The molecule has 0 amide bonds. The van der Waals surface area contributed by atoms with Crippen molar-refractivity contribution < 1.29 is 13.2 Å². The normalized spacial score (nSPS) is 18.9. The predicted molar refractivity (Wildman–Crippen MR) is 95.8 cm³/mol. The zero-order valence-corrected chi connectivity index (χ0v) is 15.4. The number of hydrogen-bond acceptors (Lipinski definition) is 5. The van der Waals surface area contributed by atoms with Gasteiger partial charge in [0, 0.05) is 18.8 Å². The fourth-order valence-corrected chi connectivity index (χ4v) is 4.51. The Morgan fingerprint density at radius 2 is 1.96 bits per heavy atom. The van der Waals surface area contributed by atoms with Gasteiger partial charge in [0.25, 0.3) is 0 Å². The number of nitrogens with zero attached hydrogens (tertiary/aromatic N) is 3. The highest BCUT2D eigenvalue weighted by atomic mass is 32.2. The molecule has 1 unspecified atom stereocenters. The molecule has 0 saturated carbocycles. The summed E-state index contributed by atoms with van der Waals surface area (Å²) in [6.45, 7) is 4.68. The fraction of sp³-hybridized carbons (Fsp3) is 0.444. The topological polar surface area (TPSA) is 72.4 Å². The van der Waals surface area contributed by atoms with Gasteiger partial charge in [0.1, 0.15) is 11.9 Å². The maximum atomic E-state index is 12.7. The molecule has 1 atom stereocenters. The quantitative estimate of drug-likeness (QED) is 0.818. The summed E-state index contributed by atoms with van der Waals surface area (Å²) in [6.07, 6.45) is 3.06. The minimum absolute atomic E-state index is 0.0205. The molecule has 1 saturated heterocycles.